The molecule has 106 valence electrons. The average molecular weight is 352 g/mol. The van der Waals surface area contributed by atoms with Crippen LogP contribution in [-0.4, -0.2) is 8.42 Å². The lowest BCUT2D eigenvalue weighted by Crippen LogP contribution is -2.13. The zero-order valence-corrected chi connectivity index (χ0v) is 13.0. The van der Waals surface area contributed by atoms with Gasteiger partial charge < -0.3 is 5.73 Å². The van der Waals surface area contributed by atoms with E-state index in [-0.39, 0.29) is 25.7 Å². The maximum absolute atomic E-state index is 12.2. The lowest BCUT2D eigenvalue weighted by molar-refractivity contribution is 0.601. The first-order valence-electron chi connectivity index (χ1n) is 5.32. The van der Waals surface area contributed by atoms with E-state index >= 15 is 0 Å². The van der Waals surface area contributed by atoms with Gasteiger partial charge in [-0.15, -0.1) is 0 Å². The predicted molar refractivity (Wildman–Crippen MR) is 83.1 cm³/mol. The predicted octanol–water partition coefficient (Wildman–Crippen LogP) is 4.03. The second-order valence-electron chi connectivity index (χ2n) is 3.92. The summed E-state index contributed by atoms with van der Waals surface area (Å²) >= 11 is 17.5. The molecule has 0 heterocycles. The van der Waals surface area contributed by atoms with Gasteiger partial charge in [-0.1, -0.05) is 34.8 Å². The monoisotopic (exact) mass is 350 g/mol. The zero-order chi connectivity index (χ0) is 14.9. The van der Waals surface area contributed by atoms with Gasteiger partial charge >= 0.3 is 0 Å². The van der Waals surface area contributed by atoms with Crippen molar-refractivity contribution in [3.8, 4) is 0 Å². The second-order valence-corrected chi connectivity index (χ2v) is 6.82. The van der Waals surface area contributed by atoms with Gasteiger partial charge in [0.2, 0.25) is 0 Å². The Morgan fingerprint density at radius 1 is 0.900 bits per heavy atom. The van der Waals surface area contributed by atoms with Gasteiger partial charge in [0, 0.05) is 5.69 Å². The fourth-order valence-electron chi connectivity index (χ4n) is 1.47. The molecule has 0 bridgehead atoms. The van der Waals surface area contributed by atoms with Gasteiger partial charge in [0.05, 0.1) is 25.7 Å². The van der Waals surface area contributed by atoms with Gasteiger partial charge in [0.15, 0.2) is 0 Å². The number of hydrogen-bond donors (Lipinski definition) is 2. The molecule has 2 aromatic carbocycles. The number of nitrogen functional groups attached to an aromatic ring is 1. The van der Waals surface area contributed by atoms with Gasteiger partial charge in [0.1, 0.15) is 0 Å². The molecule has 0 aliphatic carbocycles. The summed E-state index contributed by atoms with van der Waals surface area (Å²) in [4.78, 5) is -0.0228. The smallest absolute Gasteiger partial charge is 0.261 e. The molecule has 20 heavy (non-hydrogen) atoms. The first-order valence-corrected chi connectivity index (χ1v) is 7.94. The molecular formula is C12H9Cl3N2O2S. The van der Waals surface area contributed by atoms with Crippen LogP contribution in [0.2, 0.25) is 15.1 Å². The van der Waals surface area contributed by atoms with E-state index in [0.717, 1.165) is 0 Å². The molecule has 0 aliphatic heterocycles. The highest BCUT2D eigenvalue weighted by molar-refractivity contribution is 7.92. The normalized spacial score (nSPS) is 11.3. The molecule has 2 aromatic rings. The third-order valence-electron chi connectivity index (χ3n) is 2.44. The summed E-state index contributed by atoms with van der Waals surface area (Å²) in [6.45, 7) is 0. The van der Waals surface area contributed by atoms with Crippen molar-refractivity contribution < 1.29 is 8.42 Å². The van der Waals surface area contributed by atoms with Crippen molar-refractivity contribution in [3.05, 3.63) is 51.5 Å². The largest absolute Gasteiger partial charge is 0.399 e. The molecular weight excluding hydrogens is 343 g/mol. The summed E-state index contributed by atoms with van der Waals surface area (Å²) in [7, 11) is -3.82. The lowest BCUT2D eigenvalue weighted by atomic mass is 10.3. The standard InChI is InChI=1S/C12H9Cl3N2O2S/c13-9-4-2-8(6-11(9)15)20(18,19)17-12-5-7(16)1-3-10(12)14/h1-6,17H,16H2. The molecule has 3 N–H and O–H groups in total. The number of nitrogens with two attached hydrogens (primary N) is 1. The molecule has 0 amide bonds. The SMILES string of the molecule is Nc1ccc(Cl)c(NS(=O)(=O)c2ccc(Cl)c(Cl)c2)c1. The van der Waals surface area contributed by atoms with E-state index in [2.05, 4.69) is 4.72 Å². The summed E-state index contributed by atoms with van der Waals surface area (Å²) in [5, 5.41) is 0.656. The fraction of sp³-hybridized carbons (Fsp3) is 0. The van der Waals surface area contributed by atoms with Gasteiger partial charge in [-0.2, -0.15) is 0 Å². The maximum Gasteiger partial charge on any atom is 0.261 e. The van der Waals surface area contributed by atoms with E-state index in [9.17, 15) is 8.42 Å². The van der Waals surface area contributed by atoms with Crippen LogP contribution < -0.4 is 10.5 Å². The van der Waals surface area contributed by atoms with Crippen molar-refractivity contribution in [2.45, 2.75) is 4.90 Å². The van der Waals surface area contributed by atoms with Crippen LogP contribution >= 0.6 is 34.8 Å². The van der Waals surface area contributed by atoms with Gasteiger partial charge in [-0.25, -0.2) is 8.42 Å². The lowest BCUT2D eigenvalue weighted by Gasteiger charge is -2.10. The Hall–Kier alpha value is -1.14. The summed E-state index contributed by atoms with van der Waals surface area (Å²) in [6.07, 6.45) is 0. The van der Waals surface area contributed by atoms with Crippen molar-refractivity contribution in [1.82, 2.24) is 0 Å². The highest BCUT2D eigenvalue weighted by atomic mass is 35.5. The Balaban J connectivity index is 2.40. The highest BCUT2D eigenvalue weighted by Crippen LogP contribution is 2.29. The van der Waals surface area contributed by atoms with Gasteiger partial charge in [-0.05, 0) is 36.4 Å². The van der Waals surface area contributed by atoms with E-state index in [1.807, 2.05) is 0 Å². The third-order valence-corrected chi connectivity index (χ3v) is 4.87. The zero-order valence-electron chi connectivity index (χ0n) is 9.90. The van der Waals surface area contributed by atoms with Crippen molar-refractivity contribution in [3.63, 3.8) is 0 Å². The van der Waals surface area contributed by atoms with Crippen LogP contribution in [0.15, 0.2) is 41.3 Å². The molecule has 0 unspecified atom stereocenters. The molecule has 4 nitrogen and oxygen atoms in total. The average Bonchev–Trinajstić information content (AvgIpc) is 2.36. The quantitative estimate of drug-likeness (QED) is 0.820. The van der Waals surface area contributed by atoms with E-state index in [4.69, 9.17) is 40.5 Å². The van der Waals surface area contributed by atoms with E-state index < -0.39 is 10.0 Å². The van der Waals surface area contributed by atoms with E-state index in [0.29, 0.717) is 5.69 Å². The first kappa shape index (κ1) is 15.3. The van der Waals surface area contributed by atoms with Crippen LogP contribution in [-0.2, 0) is 10.0 Å². The molecule has 0 saturated carbocycles. The first-order chi connectivity index (χ1) is 9.29. The van der Waals surface area contributed by atoms with Crippen LogP contribution in [0.1, 0.15) is 0 Å². The van der Waals surface area contributed by atoms with Crippen molar-refractivity contribution in [2.75, 3.05) is 10.5 Å². The van der Waals surface area contributed by atoms with Crippen LogP contribution in [0.25, 0.3) is 0 Å². The molecule has 0 radical (unpaired) electrons. The van der Waals surface area contributed by atoms with Crippen LogP contribution in [0.5, 0.6) is 0 Å². The number of hydrogen-bond acceptors (Lipinski definition) is 3. The minimum absolute atomic E-state index is 0.0228. The van der Waals surface area contributed by atoms with Gasteiger partial charge in [0.25, 0.3) is 10.0 Å². The minimum Gasteiger partial charge on any atom is -0.399 e. The number of rotatable bonds is 3. The third kappa shape index (κ3) is 3.30. The highest BCUT2D eigenvalue weighted by Gasteiger charge is 2.17. The fourth-order valence-corrected chi connectivity index (χ4v) is 3.15. The number of anilines is 2. The van der Waals surface area contributed by atoms with Crippen LogP contribution in [0.4, 0.5) is 11.4 Å². The van der Waals surface area contributed by atoms with Crippen molar-refractivity contribution >= 4 is 56.2 Å². The molecule has 0 fully saturated rings. The Labute approximate surface area is 131 Å². The topological polar surface area (TPSA) is 72.2 Å². The Bertz CT molecular complexity index is 763. The molecule has 0 saturated heterocycles. The van der Waals surface area contributed by atoms with Crippen LogP contribution in [0, 0.1) is 0 Å². The molecule has 2 rings (SSSR count). The Morgan fingerprint density at radius 3 is 2.20 bits per heavy atom. The Kier molecular flexibility index (Phi) is 4.34. The minimum atomic E-state index is -3.82. The molecule has 0 atom stereocenters. The second kappa shape index (κ2) is 5.69. The number of sulfonamides is 1. The molecule has 0 aliphatic rings. The molecule has 0 spiro atoms. The summed E-state index contributed by atoms with van der Waals surface area (Å²) in [6, 6.07) is 8.50. The van der Waals surface area contributed by atoms with Crippen LogP contribution in [0.3, 0.4) is 0 Å². The molecule has 0 aromatic heterocycles. The maximum atomic E-state index is 12.2. The summed E-state index contributed by atoms with van der Waals surface area (Å²) in [5.74, 6) is 0. The number of halogens is 3. The Morgan fingerprint density at radius 2 is 1.55 bits per heavy atom. The van der Waals surface area contributed by atoms with E-state index in [1.54, 1.807) is 6.07 Å². The molecule has 8 heteroatoms. The number of nitrogens with one attached hydrogen (secondary N) is 1. The number of benzene rings is 2. The van der Waals surface area contributed by atoms with Crippen molar-refractivity contribution in [2.24, 2.45) is 0 Å². The van der Waals surface area contributed by atoms with Crippen molar-refractivity contribution in [1.29, 1.82) is 0 Å². The van der Waals surface area contributed by atoms with E-state index in [1.165, 1.54) is 30.3 Å². The summed E-state index contributed by atoms with van der Waals surface area (Å²) < 4.78 is 26.8. The van der Waals surface area contributed by atoms with Gasteiger partial charge in [-0.3, -0.25) is 4.72 Å². The summed E-state index contributed by atoms with van der Waals surface area (Å²) in [5.41, 5.74) is 6.18.